The van der Waals surface area contributed by atoms with Gasteiger partial charge in [-0.25, -0.2) is 0 Å². The van der Waals surface area contributed by atoms with Crippen molar-refractivity contribution >= 4 is 11.6 Å². The van der Waals surface area contributed by atoms with Crippen LogP contribution in [0.2, 0.25) is 0 Å². The summed E-state index contributed by atoms with van der Waals surface area (Å²) < 4.78 is 5.56. The molecule has 1 atom stereocenters. The first-order valence-electron chi connectivity index (χ1n) is 7.15. The van der Waals surface area contributed by atoms with Crippen LogP contribution < -0.4 is 15.0 Å². The average molecular weight is 279 g/mol. The van der Waals surface area contributed by atoms with Crippen LogP contribution in [0.15, 0.2) is 24.3 Å². The minimum Gasteiger partial charge on any atom is -0.491 e. The summed E-state index contributed by atoms with van der Waals surface area (Å²) >= 11 is 0. The molecule has 0 aliphatic carbocycles. The fourth-order valence-electron chi connectivity index (χ4n) is 2.50. The van der Waals surface area contributed by atoms with Gasteiger partial charge in [0.25, 0.3) is 0 Å². The van der Waals surface area contributed by atoms with E-state index in [2.05, 4.69) is 5.32 Å². The van der Waals surface area contributed by atoms with Crippen molar-refractivity contribution in [3.05, 3.63) is 24.3 Å². The third-order valence-electron chi connectivity index (χ3n) is 3.45. The predicted octanol–water partition coefficient (Wildman–Crippen LogP) is 0.0634. The van der Waals surface area contributed by atoms with Gasteiger partial charge < -0.3 is 20.1 Å². The van der Waals surface area contributed by atoms with Crippen LogP contribution in [-0.4, -0.2) is 43.4 Å². The van der Waals surface area contributed by atoms with E-state index in [4.69, 9.17) is 4.74 Å². The predicted molar refractivity (Wildman–Crippen MR) is 77.0 cm³/mol. The summed E-state index contributed by atoms with van der Waals surface area (Å²) in [6.07, 6.45) is 2.08. The van der Waals surface area contributed by atoms with Gasteiger partial charge in [-0.2, -0.15) is 0 Å². The Hall–Kier alpha value is -1.59. The van der Waals surface area contributed by atoms with Crippen LogP contribution in [0.25, 0.3) is 0 Å². The molecule has 0 spiro atoms. The molecule has 1 fully saturated rings. The largest absolute Gasteiger partial charge is 0.491 e. The molecular formula is C15H23N2O3+. The molecule has 2 rings (SSSR count). The van der Waals surface area contributed by atoms with Gasteiger partial charge in [0.05, 0.1) is 13.1 Å². The number of aliphatic hydroxyl groups is 1. The zero-order chi connectivity index (χ0) is 14.4. The number of quaternary nitrogens is 1. The molecule has 0 radical (unpaired) electrons. The molecule has 1 aliphatic heterocycles. The van der Waals surface area contributed by atoms with Crippen molar-refractivity contribution in [2.24, 2.45) is 0 Å². The van der Waals surface area contributed by atoms with Crippen LogP contribution in [0.5, 0.6) is 5.75 Å². The SMILES string of the molecule is CC(=O)Nc1ccc(OC[C@@H](O)C[NH+]2CCCC2)cc1. The van der Waals surface area contributed by atoms with Crippen molar-refractivity contribution < 1.29 is 19.5 Å². The number of anilines is 1. The lowest BCUT2D eigenvalue weighted by Gasteiger charge is -2.17. The highest BCUT2D eigenvalue weighted by molar-refractivity contribution is 5.88. The quantitative estimate of drug-likeness (QED) is 0.690. The lowest BCUT2D eigenvalue weighted by atomic mass is 10.3. The van der Waals surface area contributed by atoms with Crippen molar-refractivity contribution in [2.45, 2.75) is 25.9 Å². The van der Waals surface area contributed by atoms with E-state index in [9.17, 15) is 9.90 Å². The summed E-state index contributed by atoms with van der Waals surface area (Å²) in [5.41, 5.74) is 0.743. The molecule has 0 unspecified atom stereocenters. The number of hydrogen-bond donors (Lipinski definition) is 3. The molecule has 0 saturated carbocycles. The molecule has 3 N–H and O–H groups in total. The van der Waals surface area contributed by atoms with Crippen molar-refractivity contribution in [1.82, 2.24) is 0 Å². The van der Waals surface area contributed by atoms with Gasteiger partial charge in [-0.3, -0.25) is 4.79 Å². The fourth-order valence-corrected chi connectivity index (χ4v) is 2.50. The first kappa shape index (κ1) is 14.8. The Kier molecular flexibility index (Phi) is 5.38. The Bertz CT molecular complexity index is 427. The van der Waals surface area contributed by atoms with Gasteiger partial charge >= 0.3 is 0 Å². The number of aliphatic hydroxyl groups excluding tert-OH is 1. The second kappa shape index (κ2) is 7.26. The molecule has 1 aliphatic rings. The number of ether oxygens (including phenoxy) is 1. The first-order valence-corrected chi connectivity index (χ1v) is 7.15. The molecule has 1 amide bonds. The second-order valence-corrected chi connectivity index (χ2v) is 5.33. The number of nitrogens with one attached hydrogen (secondary N) is 2. The van der Waals surface area contributed by atoms with Crippen molar-refractivity contribution in [3.8, 4) is 5.75 Å². The van der Waals surface area contributed by atoms with Crippen LogP contribution in [0.1, 0.15) is 19.8 Å². The Morgan fingerprint density at radius 3 is 2.60 bits per heavy atom. The highest BCUT2D eigenvalue weighted by Crippen LogP contribution is 2.15. The number of carbonyl (C=O) groups is 1. The number of carbonyl (C=O) groups excluding carboxylic acids is 1. The summed E-state index contributed by atoms with van der Waals surface area (Å²) in [4.78, 5) is 12.4. The van der Waals surface area contributed by atoms with Gasteiger partial charge in [-0.1, -0.05) is 0 Å². The summed E-state index contributed by atoms with van der Waals surface area (Å²) in [5, 5.41) is 12.6. The number of hydrogen-bond acceptors (Lipinski definition) is 3. The molecule has 1 aromatic carbocycles. The van der Waals surface area contributed by atoms with Gasteiger partial charge in [0.2, 0.25) is 5.91 Å². The maximum atomic E-state index is 10.9. The normalized spacial score (nSPS) is 16.9. The summed E-state index contributed by atoms with van der Waals surface area (Å²) in [7, 11) is 0. The monoisotopic (exact) mass is 279 g/mol. The minimum atomic E-state index is -0.432. The average Bonchev–Trinajstić information content (AvgIpc) is 2.90. The maximum Gasteiger partial charge on any atom is 0.221 e. The van der Waals surface area contributed by atoms with E-state index in [1.807, 2.05) is 0 Å². The molecule has 5 nitrogen and oxygen atoms in total. The standard InChI is InChI=1S/C15H22N2O3/c1-12(18)16-13-4-6-15(7-5-13)20-11-14(19)10-17-8-2-3-9-17/h4-7,14,19H,2-3,8-11H2,1H3,(H,16,18)/p+1/t14-/m0/s1. The number of likely N-dealkylation sites (tertiary alicyclic amines) is 1. The topological polar surface area (TPSA) is 63.0 Å². The van der Waals surface area contributed by atoms with E-state index in [0.29, 0.717) is 12.4 Å². The van der Waals surface area contributed by atoms with E-state index >= 15 is 0 Å². The molecular weight excluding hydrogens is 256 g/mol. The van der Waals surface area contributed by atoms with Crippen LogP contribution in [-0.2, 0) is 4.79 Å². The van der Waals surface area contributed by atoms with Crippen LogP contribution in [0.4, 0.5) is 5.69 Å². The summed E-state index contributed by atoms with van der Waals surface area (Å²) in [5.74, 6) is 0.609. The van der Waals surface area contributed by atoms with E-state index in [1.165, 1.54) is 24.7 Å². The lowest BCUT2D eigenvalue weighted by molar-refractivity contribution is -0.890. The third-order valence-corrected chi connectivity index (χ3v) is 3.45. The van der Waals surface area contributed by atoms with Crippen LogP contribution >= 0.6 is 0 Å². The third kappa shape index (κ3) is 4.83. The maximum absolute atomic E-state index is 10.9. The van der Waals surface area contributed by atoms with E-state index in [-0.39, 0.29) is 5.91 Å². The summed E-state index contributed by atoms with van der Waals surface area (Å²) in [6, 6.07) is 7.16. The van der Waals surface area contributed by atoms with Gasteiger partial charge in [0.15, 0.2) is 0 Å². The second-order valence-electron chi connectivity index (χ2n) is 5.33. The Balaban J connectivity index is 1.73. The van der Waals surface area contributed by atoms with Crippen molar-refractivity contribution in [3.63, 3.8) is 0 Å². The number of amides is 1. The Morgan fingerprint density at radius 1 is 1.35 bits per heavy atom. The highest BCUT2D eigenvalue weighted by Gasteiger charge is 2.19. The van der Waals surface area contributed by atoms with Gasteiger partial charge in [0, 0.05) is 25.5 Å². The zero-order valence-electron chi connectivity index (χ0n) is 11.9. The molecule has 0 bridgehead atoms. The molecule has 1 saturated heterocycles. The van der Waals surface area contributed by atoms with Crippen LogP contribution in [0, 0.1) is 0 Å². The number of benzene rings is 1. The van der Waals surface area contributed by atoms with Gasteiger partial charge in [-0.05, 0) is 24.3 Å². The molecule has 5 heteroatoms. The van der Waals surface area contributed by atoms with Crippen molar-refractivity contribution in [1.29, 1.82) is 0 Å². The van der Waals surface area contributed by atoms with Gasteiger partial charge in [-0.15, -0.1) is 0 Å². The Labute approximate surface area is 119 Å². The molecule has 1 heterocycles. The molecule has 0 aromatic heterocycles. The minimum absolute atomic E-state index is 0.0947. The Morgan fingerprint density at radius 2 is 2.00 bits per heavy atom. The number of rotatable bonds is 6. The molecule has 1 aromatic rings. The van der Waals surface area contributed by atoms with E-state index < -0.39 is 6.10 Å². The van der Waals surface area contributed by atoms with Crippen molar-refractivity contribution in [2.75, 3.05) is 31.6 Å². The molecule has 110 valence electrons. The van der Waals surface area contributed by atoms with E-state index in [1.54, 1.807) is 24.3 Å². The fraction of sp³-hybridized carbons (Fsp3) is 0.533. The van der Waals surface area contributed by atoms with Crippen LogP contribution in [0.3, 0.4) is 0 Å². The van der Waals surface area contributed by atoms with E-state index in [0.717, 1.165) is 25.3 Å². The summed E-state index contributed by atoms with van der Waals surface area (Å²) in [6.45, 7) is 4.85. The lowest BCUT2D eigenvalue weighted by Crippen LogP contribution is -3.11. The smallest absolute Gasteiger partial charge is 0.221 e. The molecule has 20 heavy (non-hydrogen) atoms. The zero-order valence-corrected chi connectivity index (χ0v) is 11.9. The first-order chi connectivity index (χ1) is 9.63. The highest BCUT2D eigenvalue weighted by atomic mass is 16.5. The van der Waals surface area contributed by atoms with Gasteiger partial charge in [0.1, 0.15) is 25.0 Å².